The third kappa shape index (κ3) is 5.02. The molecule has 4 amide bonds. The highest BCUT2D eigenvalue weighted by molar-refractivity contribution is 6.01. The normalized spacial score (nSPS) is 23.5. The molecule has 2 bridgehead atoms. The number of anilines is 2. The van der Waals surface area contributed by atoms with Crippen LogP contribution in [0.4, 0.5) is 21.0 Å². The Balaban J connectivity index is 1.40. The highest BCUT2D eigenvalue weighted by Gasteiger charge is 2.54. The predicted octanol–water partition coefficient (Wildman–Crippen LogP) is 5.18. The van der Waals surface area contributed by atoms with E-state index in [0.29, 0.717) is 36.7 Å². The number of carbonyl (C=O) groups is 3. The number of fused-ring (bicyclic) bond motifs is 2. The summed E-state index contributed by atoms with van der Waals surface area (Å²) < 4.78 is 0. The van der Waals surface area contributed by atoms with Crippen molar-refractivity contribution in [2.24, 2.45) is 5.92 Å². The molecule has 2 aliphatic heterocycles. The average molecular weight is 505 g/mol. The molecular weight excluding hydrogens is 468 g/mol. The van der Waals surface area contributed by atoms with E-state index >= 15 is 0 Å². The fraction of sp³-hybridized carbons (Fsp3) is 0.483. The summed E-state index contributed by atoms with van der Waals surface area (Å²) >= 11 is 0. The van der Waals surface area contributed by atoms with Gasteiger partial charge in [0.15, 0.2) is 6.04 Å². The van der Waals surface area contributed by atoms with E-state index in [2.05, 4.69) is 0 Å². The van der Waals surface area contributed by atoms with Gasteiger partial charge in [0.05, 0.1) is 23.5 Å². The summed E-state index contributed by atoms with van der Waals surface area (Å²) in [5.41, 5.74) is 1.34. The SMILES string of the molecule is CN(CC1CCCCC1)C(=O)N1[C@H]2CC[C@@H]1[C@@H](C(=O)O)N(C(=O)N(c1ccccc1)c1ccccc1)C2. The van der Waals surface area contributed by atoms with Gasteiger partial charge in [0, 0.05) is 20.1 Å². The van der Waals surface area contributed by atoms with Gasteiger partial charge in [-0.3, -0.25) is 4.90 Å². The van der Waals surface area contributed by atoms with Crippen LogP contribution in [-0.4, -0.2) is 76.1 Å². The third-order valence-corrected chi connectivity index (χ3v) is 8.18. The van der Waals surface area contributed by atoms with Crippen molar-refractivity contribution in [1.82, 2.24) is 14.7 Å². The van der Waals surface area contributed by atoms with Crippen LogP contribution in [0.3, 0.4) is 0 Å². The van der Waals surface area contributed by atoms with Crippen molar-refractivity contribution in [2.45, 2.75) is 63.1 Å². The van der Waals surface area contributed by atoms with Crippen LogP contribution in [0.15, 0.2) is 60.7 Å². The van der Waals surface area contributed by atoms with E-state index in [1.807, 2.05) is 67.7 Å². The molecule has 0 aromatic heterocycles. The van der Waals surface area contributed by atoms with Gasteiger partial charge in [0.25, 0.3) is 0 Å². The Morgan fingerprint density at radius 1 is 0.838 bits per heavy atom. The van der Waals surface area contributed by atoms with Gasteiger partial charge in [0.2, 0.25) is 0 Å². The van der Waals surface area contributed by atoms with Crippen LogP contribution < -0.4 is 4.90 Å². The first-order chi connectivity index (χ1) is 18.0. The molecule has 2 heterocycles. The first-order valence-electron chi connectivity index (χ1n) is 13.4. The summed E-state index contributed by atoms with van der Waals surface area (Å²) in [5.74, 6) is -0.573. The zero-order chi connectivity index (χ0) is 25.9. The molecule has 1 saturated carbocycles. The zero-order valence-corrected chi connectivity index (χ0v) is 21.4. The molecule has 3 atom stereocenters. The lowest BCUT2D eigenvalue weighted by atomic mass is 9.89. The van der Waals surface area contributed by atoms with E-state index in [1.165, 1.54) is 24.2 Å². The maximum Gasteiger partial charge on any atom is 0.329 e. The Bertz CT molecular complexity index is 1070. The molecule has 0 unspecified atom stereocenters. The molecule has 8 nitrogen and oxygen atoms in total. The molecule has 37 heavy (non-hydrogen) atoms. The van der Waals surface area contributed by atoms with Crippen LogP contribution in [-0.2, 0) is 4.79 Å². The molecule has 3 fully saturated rings. The smallest absolute Gasteiger partial charge is 0.329 e. The highest BCUT2D eigenvalue weighted by atomic mass is 16.4. The van der Waals surface area contributed by atoms with Gasteiger partial charge >= 0.3 is 18.0 Å². The van der Waals surface area contributed by atoms with Crippen molar-refractivity contribution < 1.29 is 19.5 Å². The van der Waals surface area contributed by atoms with Crippen molar-refractivity contribution in [1.29, 1.82) is 0 Å². The molecule has 2 aromatic rings. The Kier molecular flexibility index (Phi) is 7.35. The second-order valence-corrected chi connectivity index (χ2v) is 10.6. The van der Waals surface area contributed by atoms with Gasteiger partial charge < -0.3 is 19.8 Å². The van der Waals surface area contributed by atoms with Gasteiger partial charge in [-0.15, -0.1) is 0 Å². The van der Waals surface area contributed by atoms with Gasteiger partial charge in [-0.2, -0.15) is 0 Å². The number of amides is 4. The standard InChI is InChI=1S/C29H36N4O4/c1-30(19-21-11-5-2-6-12-21)28(36)33-24-17-18-25(33)26(27(34)35)31(20-24)29(37)32(22-13-7-3-8-14-22)23-15-9-4-10-16-23/h3-4,7-10,13-16,21,24-26H,2,5-6,11-12,17-20H2,1H3,(H,34,35)/t24-,25+,26-/m0/s1. The average Bonchev–Trinajstić information content (AvgIpc) is 3.22. The minimum Gasteiger partial charge on any atom is -0.480 e. The molecule has 2 saturated heterocycles. The summed E-state index contributed by atoms with van der Waals surface area (Å²) in [4.78, 5) is 46.9. The van der Waals surface area contributed by atoms with Crippen molar-refractivity contribution in [3.05, 3.63) is 60.7 Å². The minimum atomic E-state index is -1.10. The molecule has 5 rings (SSSR count). The van der Waals surface area contributed by atoms with Crippen LogP contribution >= 0.6 is 0 Å². The van der Waals surface area contributed by atoms with Gasteiger partial charge in [-0.05, 0) is 55.9 Å². The first-order valence-corrected chi connectivity index (χ1v) is 13.4. The highest BCUT2D eigenvalue weighted by Crippen LogP contribution is 2.38. The Morgan fingerprint density at radius 3 is 2.00 bits per heavy atom. The molecule has 196 valence electrons. The topological polar surface area (TPSA) is 84.4 Å². The number of rotatable bonds is 5. The summed E-state index contributed by atoms with van der Waals surface area (Å²) in [7, 11) is 1.83. The number of aliphatic carboxylic acids is 1. The quantitative estimate of drug-likeness (QED) is 0.608. The molecule has 1 N–H and O–H groups in total. The second kappa shape index (κ2) is 10.8. The summed E-state index contributed by atoms with van der Waals surface area (Å²) in [6, 6.07) is 16.2. The van der Waals surface area contributed by atoms with Crippen LogP contribution in [0.2, 0.25) is 0 Å². The number of nitrogens with zero attached hydrogens (tertiary/aromatic N) is 4. The zero-order valence-electron chi connectivity index (χ0n) is 21.4. The predicted molar refractivity (Wildman–Crippen MR) is 142 cm³/mol. The molecule has 3 aliphatic rings. The lowest BCUT2D eigenvalue weighted by Crippen LogP contribution is -2.67. The number of piperazine rings is 1. The molecule has 0 spiro atoms. The summed E-state index contributed by atoms with van der Waals surface area (Å²) in [5, 5.41) is 10.3. The van der Waals surface area contributed by atoms with Gasteiger partial charge in [-0.25, -0.2) is 14.4 Å². The van der Waals surface area contributed by atoms with E-state index in [9.17, 15) is 19.5 Å². The summed E-state index contributed by atoms with van der Waals surface area (Å²) in [6.45, 7) is 0.899. The van der Waals surface area contributed by atoms with Crippen LogP contribution in [0.1, 0.15) is 44.9 Å². The van der Waals surface area contributed by atoms with E-state index in [-0.39, 0.29) is 24.6 Å². The van der Waals surface area contributed by atoms with Crippen molar-refractivity contribution in [3.8, 4) is 0 Å². The van der Waals surface area contributed by atoms with E-state index < -0.39 is 18.1 Å². The molecule has 1 aliphatic carbocycles. The van der Waals surface area contributed by atoms with Crippen molar-refractivity contribution in [2.75, 3.05) is 25.0 Å². The maximum absolute atomic E-state index is 14.1. The number of carboxylic acid groups (broad SMARTS) is 1. The Morgan fingerprint density at radius 2 is 1.43 bits per heavy atom. The number of carboxylic acids is 1. The van der Waals surface area contributed by atoms with Gasteiger partial charge in [-0.1, -0.05) is 55.7 Å². The molecule has 2 aromatic carbocycles. The Hall–Kier alpha value is -3.55. The minimum absolute atomic E-state index is 0.112. The number of hydrogen-bond acceptors (Lipinski definition) is 3. The van der Waals surface area contributed by atoms with Crippen molar-refractivity contribution in [3.63, 3.8) is 0 Å². The maximum atomic E-state index is 14.1. The largest absolute Gasteiger partial charge is 0.480 e. The van der Waals surface area contributed by atoms with Crippen LogP contribution in [0, 0.1) is 5.92 Å². The third-order valence-electron chi connectivity index (χ3n) is 8.18. The second-order valence-electron chi connectivity index (χ2n) is 10.6. The number of likely N-dealkylation sites (tertiary alicyclic amines) is 1. The number of hydrogen-bond donors (Lipinski definition) is 1. The van der Waals surface area contributed by atoms with Crippen molar-refractivity contribution >= 4 is 29.4 Å². The summed E-state index contributed by atoms with van der Waals surface area (Å²) in [6.07, 6.45) is 7.22. The number of urea groups is 2. The van der Waals surface area contributed by atoms with Crippen LogP contribution in [0.5, 0.6) is 0 Å². The first kappa shape index (κ1) is 25.1. The lowest BCUT2D eigenvalue weighted by Gasteiger charge is -2.47. The fourth-order valence-electron chi connectivity index (χ4n) is 6.43. The molecule has 8 heteroatoms. The fourth-order valence-corrected chi connectivity index (χ4v) is 6.43. The Labute approximate surface area is 218 Å². The van der Waals surface area contributed by atoms with E-state index in [1.54, 1.807) is 14.7 Å². The lowest BCUT2D eigenvalue weighted by molar-refractivity contribution is -0.145. The van der Waals surface area contributed by atoms with E-state index in [4.69, 9.17) is 0 Å². The van der Waals surface area contributed by atoms with Crippen LogP contribution in [0.25, 0.3) is 0 Å². The number of benzene rings is 2. The van der Waals surface area contributed by atoms with E-state index in [0.717, 1.165) is 12.8 Å². The number of para-hydroxylation sites is 2. The number of carbonyl (C=O) groups excluding carboxylic acids is 2. The molecule has 0 radical (unpaired) electrons. The van der Waals surface area contributed by atoms with Gasteiger partial charge in [0.1, 0.15) is 0 Å². The molecular formula is C29H36N4O4. The monoisotopic (exact) mass is 504 g/mol.